The molecule has 13 heavy (non-hydrogen) atoms. The van der Waals surface area contributed by atoms with E-state index in [4.69, 9.17) is 24.8 Å². The number of hydrogen-bond acceptors (Lipinski definition) is 2. The summed E-state index contributed by atoms with van der Waals surface area (Å²) in [6, 6.07) is 0. The summed E-state index contributed by atoms with van der Waals surface area (Å²) >= 11 is 9.97. The topological polar surface area (TPSA) is 3.24 Å². The molecule has 0 radical (unpaired) electrons. The van der Waals surface area contributed by atoms with Gasteiger partial charge in [-0.05, 0) is 12.8 Å². The van der Waals surface area contributed by atoms with Crippen molar-refractivity contribution in [2.75, 3.05) is 13.1 Å². The Hall–Kier alpha value is 0.604. The maximum Gasteiger partial charge on any atom is 2.00 e. The predicted octanol–water partition coefficient (Wildman–Crippen LogP) is 2.72. The average molecular weight is 263 g/mol. The molecule has 0 amide bonds. The zero-order valence-electron chi connectivity index (χ0n) is 8.32. The minimum absolute atomic E-state index is 0. The van der Waals surface area contributed by atoms with Crippen LogP contribution in [-0.4, -0.2) is 22.3 Å². The first kappa shape index (κ1) is 16.0. The van der Waals surface area contributed by atoms with Crippen molar-refractivity contribution in [3.63, 3.8) is 0 Å². The second-order valence-electron chi connectivity index (χ2n) is 2.96. The minimum Gasteiger partial charge on any atom is -0.411 e. The molecule has 0 rings (SSSR count). The Morgan fingerprint density at radius 3 is 1.77 bits per heavy atom. The third kappa shape index (κ3) is 8.92. The van der Waals surface area contributed by atoms with Gasteiger partial charge < -0.3 is 29.7 Å². The molecule has 0 aromatic heterocycles. The molecular formula is C9H18NNiS2+. The molecule has 0 aromatic carbocycles. The molecule has 0 heterocycles. The standard InChI is InChI=1S/C9H19NS2.Ni/c1-3-5-7-10(9(11)12)8-6-4-2;/h3-8H2,1-2H3,(H,11,12);/q;+2/p-1. The number of rotatable bonds is 6. The number of nitrogens with zero attached hydrogens (tertiary/aromatic N) is 1. The molecule has 0 aliphatic heterocycles. The molecule has 0 spiro atoms. The Labute approximate surface area is 103 Å². The van der Waals surface area contributed by atoms with Crippen molar-refractivity contribution in [3.05, 3.63) is 0 Å². The second-order valence-corrected chi connectivity index (χ2v) is 3.99. The van der Waals surface area contributed by atoms with Gasteiger partial charge in [0.15, 0.2) is 0 Å². The molecule has 0 saturated heterocycles. The fourth-order valence-electron chi connectivity index (χ4n) is 0.992. The molecule has 0 aliphatic carbocycles. The van der Waals surface area contributed by atoms with Crippen LogP contribution in [0.25, 0.3) is 0 Å². The second kappa shape index (κ2) is 10.7. The van der Waals surface area contributed by atoms with Crippen LogP contribution >= 0.6 is 12.2 Å². The van der Waals surface area contributed by atoms with Crippen molar-refractivity contribution in [1.82, 2.24) is 4.90 Å². The third-order valence-electron chi connectivity index (χ3n) is 1.82. The van der Waals surface area contributed by atoms with Gasteiger partial charge in [0.05, 0.1) is 0 Å². The average Bonchev–Trinajstić information content (AvgIpc) is 2.04. The van der Waals surface area contributed by atoms with Gasteiger partial charge in [0.1, 0.15) is 0 Å². The summed E-state index contributed by atoms with van der Waals surface area (Å²) in [6.07, 6.45) is 4.81. The van der Waals surface area contributed by atoms with Gasteiger partial charge in [0.25, 0.3) is 0 Å². The summed E-state index contributed by atoms with van der Waals surface area (Å²) in [4.78, 5) is 2.14. The van der Waals surface area contributed by atoms with E-state index in [0.717, 1.165) is 13.1 Å². The summed E-state index contributed by atoms with van der Waals surface area (Å²) in [5, 5.41) is 0. The summed E-state index contributed by atoms with van der Waals surface area (Å²) in [5.74, 6) is 0. The van der Waals surface area contributed by atoms with Crippen LogP contribution in [0.1, 0.15) is 39.5 Å². The van der Waals surface area contributed by atoms with Crippen LogP contribution < -0.4 is 0 Å². The maximum absolute atomic E-state index is 4.98. The van der Waals surface area contributed by atoms with Gasteiger partial charge in [0, 0.05) is 13.1 Å². The quantitative estimate of drug-likeness (QED) is 0.412. The molecule has 0 aromatic rings. The van der Waals surface area contributed by atoms with Crippen LogP contribution in [0.4, 0.5) is 0 Å². The Morgan fingerprint density at radius 2 is 1.54 bits per heavy atom. The minimum atomic E-state index is 0. The monoisotopic (exact) mass is 262 g/mol. The van der Waals surface area contributed by atoms with E-state index in [2.05, 4.69) is 18.7 Å². The SMILES string of the molecule is CCCCN(CCCC)C(=S)[S-].[Ni+2]. The number of thiocarbonyl (C=S) groups is 1. The van der Waals surface area contributed by atoms with Crippen LogP contribution in [0, 0.1) is 0 Å². The van der Waals surface area contributed by atoms with E-state index in [1.54, 1.807) is 0 Å². The summed E-state index contributed by atoms with van der Waals surface area (Å²) in [6.45, 7) is 6.45. The number of unbranched alkanes of at least 4 members (excludes halogenated alkanes) is 2. The van der Waals surface area contributed by atoms with E-state index in [1.165, 1.54) is 25.7 Å². The van der Waals surface area contributed by atoms with Gasteiger partial charge in [-0.15, -0.1) is 0 Å². The van der Waals surface area contributed by atoms with Crippen LogP contribution in [0.3, 0.4) is 0 Å². The van der Waals surface area contributed by atoms with Crippen molar-refractivity contribution in [2.24, 2.45) is 0 Å². The van der Waals surface area contributed by atoms with E-state index in [9.17, 15) is 0 Å². The van der Waals surface area contributed by atoms with Gasteiger partial charge in [0.2, 0.25) is 0 Å². The largest absolute Gasteiger partial charge is 2.00 e. The molecule has 0 saturated carbocycles. The molecule has 1 nitrogen and oxygen atoms in total. The summed E-state index contributed by atoms with van der Waals surface area (Å²) in [5.41, 5.74) is 0. The zero-order chi connectivity index (χ0) is 9.40. The van der Waals surface area contributed by atoms with E-state index >= 15 is 0 Å². The van der Waals surface area contributed by atoms with Crippen molar-refractivity contribution < 1.29 is 16.5 Å². The molecule has 0 atom stereocenters. The molecule has 4 heteroatoms. The first-order chi connectivity index (χ1) is 5.72. The van der Waals surface area contributed by atoms with Gasteiger partial charge >= 0.3 is 16.5 Å². The van der Waals surface area contributed by atoms with E-state index < -0.39 is 0 Å². The van der Waals surface area contributed by atoms with E-state index in [1.807, 2.05) is 0 Å². The van der Waals surface area contributed by atoms with Crippen molar-refractivity contribution >= 4 is 29.2 Å². The predicted molar refractivity (Wildman–Crippen MR) is 61.4 cm³/mol. The first-order valence-electron chi connectivity index (χ1n) is 4.68. The van der Waals surface area contributed by atoms with Gasteiger partial charge in [-0.1, -0.05) is 31.0 Å². The molecule has 0 unspecified atom stereocenters. The third-order valence-corrected chi connectivity index (χ3v) is 2.34. The summed E-state index contributed by atoms with van der Waals surface area (Å²) in [7, 11) is 0. The number of hydrogen-bond donors (Lipinski definition) is 0. The van der Waals surface area contributed by atoms with Gasteiger partial charge in [-0.25, -0.2) is 0 Å². The van der Waals surface area contributed by atoms with Gasteiger partial charge in [-0.3, -0.25) is 0 Å². The van der Waals surface area contributed by atoms with Crippen molar-refractivity contribution in [1.29, 1.82) is 0 Å². The Bertz CT molecular complexity index is 123. The fraction of sp³-hybridized carbons (Fsp3) is 0.889. The molecule has 80 valence electrons. The van der Waals surface area contributed by atoms with Crippen LogP contribution in [-0.2, 0) is 29.1 Å². The Kier molecular flexibility index (Phi) is 13.2. The Balaban J connectivity index is 0. The van der Waals surface area contributed by atoms with Crippen molar-refractivity contribution in [3.8, 4) is 0 Å². The normalized spacial score (nSPS) is 9.08. The Morgan fingerprint density at radius 1 is 1.15 bits per heavy atom. The summed E-state index contributed by atoms with van der Waals surface area (Å²) < 4.78 is 0.636. The fourth-order valence-corrected chi connectivity index (χ4v) is 1.36. The van der Waals surface area contributed by atoms with Crippen LogP contribution in [0.15, 0.2) is 0 Å². The molecule has 0 fully saturated rings. The first-order valence-corrected chi connectivity index (χ1v) is 5.50. The van der Waals surface area contributed by atoms with Gasteiger partial charge in [-0.2, -0.15) is 0 Å². The van der Waals surface area contributed by atoms with E-state index in [-0.39, 0.29) is 16.5 Å². The molecule has 0 N–H and O–H groups in total. The zero-order valence-corrected chi connectivity index (χ0v) is 10.9. The maximum atomic E-state index is 4.98. The molecule has 0 bridgehead atoms. The molecule has 0 aliphatic rings. The molecular weight excluding hydrogens is 245 g/mol. The van der Waals surface area contributed by atoms with Crippen LogP contribution in [0.5, 0.6) is 0 Å². The smallest absolute Gasteiger partial charge is 0.411 e. The van der Waals surface area contributed by atoms with Crippen molar-refractivity contribution in [2.45, 2.75) is 39.5 Å². The van der Waals surface area contributed by atoms with Crippen LogP contribution in [0.2, 0.25) is 0 Å². The van der Waals surface area contributed by atoms with E-state index in [0.29, 0.717) is 4.32 Å².